The Balaban J connectivity index is 1.68. The minimum atomic E-state index is -1.32. The van der Waals surface area contributed by atoms with Gasteiger partial charge in [0.25, 0.3) is 11.8 Å². The molecular formula is C24H17N2O6-. The van der Waals surface area contributed by atoms with Gasteiger partial charge in [-0.25, -0.2) is 9.69 Å². The number of hydrogen-bond donors (Lipinski definition) is 1. The molecule has 1 N–H and O–H groups in total. The van der Waals surface area contributed by atoms with Gasteiger partial charge in [-0.05, 0) is 66.9 Å². The van der Waals surface area contributed by atoms with Gasteiger partial charge < -0.3 is 14.3 Å². The highest BCUT2D eigenvalue weighted by Crippen LogP contribution is 2.27. The lowest BCUT2D eigenvalue weighted by Crippen LogP contribution is -2.54. The van der Waals surface area contributed by atoms with E-state index < -0.39 is 23.8 Å². The number of urea groups is 1. The molecule has 1 aromatic heterocycles. The largest absolute Gasteiger partial charge is 0.545 e. The van der Waals surface area contributed by atoms with Gasteiger partial charge in [0, 0.05) is 5.56 Å². The molecule has 0 radical (unpaired) electrons. The molecule has 8 nitrogen and oxygen atoms in total. The van der Waals surface area contributed by atoms with Crippen molar-refractivity contribution in [3.8, 4) is 11.3 Å². The molecule has 3 aromatic rings. The number of carbonyl (C=O) groups excluding carboxylic acids is 4. The van der Waals surface area contributed by atoms with E-state index in [4.69, 9.17) is 4.42 Å². The number of carboxylic acids is 1. The number of nitrogens with zero attached hydrogens (tertiary/aromatic N) is 1. The van der Waals surface area contributed by atoms with E-state index in [1.807, 2.05) is 19.9 Å². The van der Waals surface area contributed by atoms with E-state index in [1.54, 1.807) is 30.3 Å². The normalized spacial score (nSPS) is 15.2. The molecule has 2 aromatic carbocycles. The number of barbiturate groups is 1. The van der Waals surface area contributed by atoms with Crippen LogP contribution in [0.1, 0.15) is 27.2 Å². The van der Waals surface area contributed by atoms with E-state index in [0.29, 0.717) is 17.0 Å². The van der Waals surface area contributed by atoms with Gasteiger partial charge in [-0.2, -0.15) is 0 Å². The van der Waals surface area contributed by atoms with Gasteiger partial charge in [0.2, 0.25) is 0 Å². The molecule has 2 heterocycles. The number of rotatable bonds is 4. The van der Waals surface area contributed by atoms with Crippen LogP contribution in [0.5, 0.6) is 0 Å². The van der Waals surface area contributed by atoms with E-state index in [0.717, 1.165) is 16.0 Å². The van der Waals surface area contributed by atoms with Crippen molar-refractivity contribution in [2.75, 3.05) is 4.90 Å². The third-order valence-corrected chi connectivity index (χ3v) is 4.86. The maximum absolute atomic E-state index is 13.0. The number of hydrogen-bond acceptors (Lipinski definition) is 6. The van der Waals surface area contributed by atoms with E-state index >= 15 is 0 Å². The summed E-state index contributed by atoms with van der Waals surface area (Å²) >= 11 is 0. The van der Waals surface area contributed by atoms with Crippen molar-refractivity contribution < 1.29 is 28.7 Å². The van der Waals surface area contributed by atoms with Crippen LogP contribution in [0.25, 0.3) is 17.4 Å². The Morgan fingerprint density at radius 3 is 2.41 bits per heavy atom. The second-order valence-corrected chi connectivity index (χ2v) is 7.37. The van der Waals surface area contributed by atoms with Crippen molar-refractivity contribution >= 4 is 35.6 Å². The molecule has 4 amide bonds. The highest BCUT2D eigenvalue weighted by Gasteiger charge is 2.37. The van der Waals surface area contributed by atoms with Crippen molar-refractivity contribution in [1.29, 1.82) is 0 Å². The quantitative estimate of drug-likeness (QED) is 0.503. The second-order valence-electron chi connectivity index (χ2n) is 7.37. The Morgan fingerprint density at radius 2 is 1.72 bits per heavy atom. The topological polar surface area (TPSA) is 120 Å². The molecule has 0 unspecified atom stereocenters. The Hall–Kier alpha value is -4.46. The molecule has 32 heavy (non-hydrogen) atoms. The number of aromatic carboxylic acids is 1. The van der Waals surface area contributed by atoms with Crippen LogP contribution in [-0.2, 0) is 9.59 Å². The van der Waals surface area contributed by atoms with Crippen LogP contribution >= 0.6 is 0 Å². The number of carbonyl (C=O) groups is 4. The van der Waals surface area contributed by atoms with Crippen molar-refractivity contribution in [3.63, 3.8) is 0 Å². The third-order valence-electron chi connectivity index (χ3n) is 4.86. The van der Waals surface area contributed by atoms with E-state index in [-0.39, 0.29) is 16.9 Å². The summed E-state index contributed by atoms with van der Waals surface area (Å²) in [6, 6.07) is 13.5. The first-order chi connectivity index (χ1) is 15.2. The first-order valence-electron chi connectivity index (χ1n) is 9.64. The minimum Gasteiger partial charge on any atom is -0.545 e. The predicted molar refractivity (Wildman–Crippen MR) is 113 cm³/mol. The lowest BCUT2D eigenvalue weighted by Gasteiger charge is -2.26. The van der Waals surface area contributed by atoms with Gasteiger partial charge in [0.15, 0.2) is 0 Å². The smallest absolute Gasteiger partial charge is 0.335 e. The number of nitrogens with one attached hydrogen (secondary N) is 1. The molecule has 0 saturated carbocycles. The Kier molecular flexibility index (Phi) is 5.19. The number of aryl methyl sites for hydroxylation is 2. The SMILES string of the molecule is Cc1cc(C)cc(N2C(=O)NC(=O)/C(=C/c3ccc(-c4cccc(C(=O)[O-])c4)o3)C2=O)c1. The summed E-state index contributed by atoms with van der Waals surface area (Å²) in [6.45, 7) is 3.68. The molecule has 4 rings (SSSR count). The lowest BCUT2D eigenvalue weighted by molar-refractivity contribution is -0.255. The molecule has 1 saturated heterocycles. The Morgan fingerprint density at radius 1 is 1.00 bits per heavy atom. The third kappa shape index (κ3) is 3.93. The van der Waals surface area contributed by atoms with Crippen LogP contribution < -0.4 is 15.3 Å². The number of benzene rings is 2. The molecule has 0 atom stereocenters. The van der Waals surface area contributed by atoms with Crippen molar-refractivity contribution in [3.05, 3.63) is 82.6 Å². The second kappa shape index (κ2) is 7.99. The van der Waals surface area contributed by atoms with Crippen molar-refractivity contribution in [2.24, 2.45) is 0 Å². The average Bonchev–Trinajstić information content (AvgIpc) is 3.19. The minimum absolute atomic E-state index is 0.0109. The van der Waals surface area contributed by atoms with E-state index in [1.165, 1.54) is 24.3 Å². The van der Waals surface area contributed by atoms with E-state index in [2.05, 4.69) is 5.32 Å². The fraction of sp³-hybridized carbons (Fsp3) is 0.0833. The molecule has 8 heteroatoms. The molecule has 1 fully saturated rings. The first kappa shape index (κ1) is 20.8. The van der Waals surface area contributed by atoms with Crippen LogP contribution in [-0.4, -0.2) is 23.8 Å². The van der Waals surface area contributed by atoms with Gasteiger partial charge in [-0.15, -0.1) is 0 Å². The van der Waals surface area contributed by atoms with Crippen LogP contribution in [0.15, 0.2) is 64.6 Å². The summed E-state index contributed by atoms with van der Waals surface area (Å²) in [5, 5.41) is 13.2. The monoisotopic (exact) mass is 429 g/mol. The molecule has 1 aliphatic rings. The Bertz CT molecular complexity index is 1300. The lowest BCUT2D eigenvalue weighted by atomic mass is 10.1. The van der Waals surface area contributed by atoms with Crippen LogP contribution in [0.2, 0.25) is 0 Å². The Labute approximate surface area is 182 Å². The van der Waals surface area contributed by atoms with Gasteiger partial charge in [0.05, 0.1) is 11.7 Å². The number of imide groups is 2. The van der Waals surface area contributed by atoms with Gasteiger partial charge in [-0.3, -0.25) is 14.9 Å². The molecule has 0 spiro atoms. The van der Waals surface area contributed by atoms with Gasteiger partial charge in [0.1, 0.15) is 17.1 Å². The molecule has 0 bridgehead atoms. The van der Waals surface area contributed by atoms with Crippen LogP contribution in [0, 0.1) is 13.8 Å². The predicted octanol–water partition coefficient (Wildman–Crippen LogP) is 2.59. The highest BCUT2D eigenvalue weighted by atomic mass is 16.4. The zero-order chi connectivity index (χ0) is 23.0. The summed E-state index contributed by atoms with van der Waals surface area (Å²) in [5.74, 6) is -2.41. The number of carboxylic acid groups (broad SMARTS) is 1. The van der Waals surface area contributed by atoms with Gasteiger partial charge in [-0.1, -0.05) is 24.3 Å². The zero-order valence-corrected chi connectivity index (χ0v) is 17.2. The highest BCUT2D eigenvalue weighted by molar-refractivity contribution is 6.39. The number of anilines is 1. The molecule has 160 valence electrons. The maximum Gasteiger partial charge on any atom is 0.335 e. The molecule has 0 aliphatic carbocycles. The standard InChI is InChI=1S/C24H18N2O6/c1-13-8-14(2)10-17(9-13)26-22(28)19(21(27)25-24(26)31)12-18-6-7-20(32-18)15-4-3-5-16(11-15)23(29)30/h3-12H,1-2H3,(H,29,30)(H,25,27,31)/p-1/b19-12-. The van der Waals surface area contributed by atoms with Crippen molar-refractivity contribution in [1.82, 2.24) is 5.32 Å². The van der Waals surface area contributed by atoms with E-state index in [9.17, 15) is 24.3 Å². The molecular weight excluding hydrogens is 412 g/mol. The first-order valence-corrected chi connectivity index (χ1v) is 9.64. The number of furan rings is 1. The summed E-state index contributed by atoms with van der Waals surface area (Å²) in [7, 11) is 0. The average molecular weight is 429 g/mol. The summed E-state index contributed by atoms with van der Waals surface area (Å²) < 4.78 is 5.68. The summed E-state index contributed by atoms with van der Waals surface area (Å²) in [6.07, 6.45) is 1.24. The fourth-order valence-corrected chi connectivity index (χ4v) is 3.50. The van der Waals surface area contributed by atoms with Crippen LogP contribution in [0.4, 0.5) is 10.5 Å². The number of amides is 4. The summed E-state index contributed by atoms with van der Waals surface area (Å²) in [4.78, 5) is 49.8. The fourth-order valence-electron chi connectivity index (χ4n) is 3.50. The van der Waals surface area contributed by atoms with Gasteiger partial charge >= 0.3 is 6.03 Å². The zero-order valence-electron chi connectivity index (χ0n) is 17.2. The summed E-state index contributed by atoms with van der Waals surface area (Å²) in [5.41, 5.74) is 2.27. The maximum atomic E-state index is 13.0. The van der Waals surface area contributed by atoms with Crippen molar-refractivity contribution in [2.45, 2.75) is 13.8 Å². The molecule has 1 aliphatic heterocycles. The van der Waals surface area contributed by atoms with Crippen LogP contribution in [0.3, 0.4) is 0 Å².